The summed E-state index contributed by atoms with van der Waals surface area (Å²) in [6, 6.07) is 7.58. The van der Waals surface area contributed by atoms with Crippen LogP contribution in [0.2, 0.25) is 0 Å². The van der Waals surface area contributed by atoms with Gasteiger partial charge in [-0.1, -0.05) is 12.1 Å². The number of nitrogens with zero attached hydrogens (tertiary/aromatic N) is 2. The molecule has 1 fully saturated rings. The molecule has 19 heavy (non-hydrogen) atoms. The molecule has 1 radical (unpaired) electrons. The average Bonchev–Trinajstić information content (AvgIpc) is 3.02. The Morgan fingerprint density at radius 3 is 2.95 bits per heavy atom. The number of thiazole rings is 1. The van der Waals surface area contributed by atoms with Crippen LogP contribution in [0.5, 0.6) is 0 Å². The van der Waals surface area contributed by atoms with E-state index in [1.165, 1.54) is 11.3 Å². The first-order chi connectivity index (χ1) is 9.34. The van der Waals surface area contributed by atoms with Crippen LogP contribution in [0.4, 0.5) is 0 Å². The molecule has 2 heterocycles. The highest BCUT2D eigenvalue weighted by Crippen LogP contribution is 2.20. The van der Waals surface area contributed by atoms with Crippen molar-refractivity contribution >= 4 is 17.2 Å². The van der Waals surface area contributed by atoms with Gasteiger partial charge in [0.15, 0.2) is 5.51 Å². The third-order valence-electron chi connectivity index (χ3n) is 3.09. The third-order valence-corrected chi connectivity index (χ3v) is 3.63. The Balaban J connectivity index is 1.84. The fourth-order valence-electron chi connectivity index (χ4n) is 2.08. The van der Waals surface area contributed by atoms with Crippen molar-refractivity contribution < 1.29 is 9.53 Å². The van der Waals surface area contributed by atoms with Gasteiger partial charge in [0, 0.05) is 29.6 Å². The maximum Gasteiger partial charge on any atom is 0.254 e. The zero-order valence-corrected chi connectivity index (χ0v) is 11.2. The molecule has 3 rings (SSSR count). The summed E-state index contributed by atoms with van der Waals surface area (Å²) in [6.07, 6.45) is 0. The molecule has 2 aromatic rings. The van der Waals surface area contributed by atoms with Crippen LogP contribution in [-0.4, -0.2) is 42.1 Å². The largest absolute Gasteiger partial charge is 0.378 e. The van der Waals surface area contributed by atoms with Crippen LogP contribution in [0.1, 0.15) is 10.4 Å². The fraction of sp³-hybridized carbons (Fsp3) is 0.286. The van der Waals surface area contributed by atoms with E-state index in [0.717, 1.165) is 11.3 Å². The van der Waals surface area contributed by atoms with Gasteiger partial charge in [0.05, 0.1) is 18.9 Å². The van der Waals surface area contributed by atoms with E-state index < -0.39 is 0 Å². The molecule has 1 saturated heterocycles. The van der Waals surface area contributed by atoms with Gasteiger partial charge in [-0.3, -0.25) is 4.79 Å². The monoisotopic (exact) mass is 273 g/mol. The Labute approximate surface area is 115 Å². The number of hydrogen-bond acceptors (Lipinski definition) is 4. The molecule has 0 bridgehead atoms. The lowest BCUT2D eigenvalue weighted by Gasteiger charge is -2.26. The molecule has 0 saturated carbocycles. The van der Waals surface area contributed by atoms with Gasteiger partial charge < -0.3 is 9.64 Å². The minimum Gasteiger partial charge on any atom is -0.378 e. The molecule has 0 spiro atoms. The van der Waals surface area contributed by atoms with Gasteiger partial charge in [0.1, 0.15) is 0 Å². The van der Waals surface area contributed by atoms with E-state index in [1.54, 1.807) is 0 Å². The van der Waals surface area contributed by atoms with Gasteiger partial charge in [-0.15, -0.1) is 11.3 Å². The summed E-state index contributed by atoms with van der Waals surface area (Å²) in [7, 11) is 0. The molecular formula is C14H13N2O2S. The highest BCUT2D eigenvalue weighted by atomic mass is 32.1. The van der Waals surface area contributed by atoms with Crippen LogP contribution in [-0.2, 0) is 4.74 Å². The van der Waals surface area contributed by atoms with Crippen molar-refractivity contribution in [3.8, 4) is 11.3 Å². The highest BCUT2D eigenvalue weighted by molar-refractivity contribution is 7.07. The second-order valence-electron chi connectivity index (χ2n) is 4.31. The van der Waals surface area contributed by atoms with Gasteiger partial charge in [-0.05, 0) is 12.1 Å². The second-order valence-corrected chi connectivity index (χ2v) is 4.96. The number of aromatic nitrogens is 1. The summed E-state index contributed by atoms with van der Waals surface area (Å²) < 4.78 is 5.26. The SMILES string of the molecule is O=C(c1cccc(-c2cs[c]n2)c1)N1CCOCC1. The zero-order chi connectivity index (χ0) is 13.1. The number of ether oxygens (including phenoxy) is 1. The minimum absolute atomic E-state index is 0.0596. The van der Waals surface area contributed by atoms with E-state index in [1.807, 2.05) is 34.5 Å². The first kappa shape index (κ1) is 12.3. The van der Waals surface area contributed by atoms with Crippen LogP contribution in [0.15, 0.2) is 29.6 Å². The quantitative estimate of drug-likeness (QED) is 0.841. The van der Waals surface area contributed by atoms with Crippen LogP contribution in [0.3, 0.4) is 0 Å². The molecular weight excluding hydrogens is 260 g/mol. The van der Waals surface area contributed by atoms with Crippen molar-refractivity contribution in [1.29, 1.82) is 0 Å². The Kier molecular flexibility index (Phi) is 3.57. The average molecular weight is 273 g/mol. The van der Waals surface area contributed by atoms with Gasteiger partial charge in [0.2, 0.25) is 0 Å². The maximum atomic E-state index is 12.4. The van der Waals surface area contributed by atoms with Crippen LogP contribution < -0.4 is 0 Å². The number of carbonyl (C=O) groups excluding carboxylic acids is 1. The topological polar surface area (TPSA) is 42.4 Å². The molecule has 0 atom stereocenters. The molecule has 4 nitrogen and oxygen atoms in total. The standard InChI is InChI=1S/C14H13N2O2S/c17-14(16-4-6-18-7-5-16)12-3-1-2-11(8-12)13-9-19-10-15-13/h1-3,8-9H,4-7H2. The van der Waals surface area contributed by atoms with Gasteiger partial charge >= 0.3 is 0 Å². The third kappa shape index (κ3) is 2.67. The number of hydrogen-bond donors (Lipinski definition) is 0. The van der Waals surface area contributed by atoms with Crippen LogP contribution >= 0.6 is 11.3 Å². The Bertz CT molecular complexity index is 563. The number of morpholine rings is 1. The molecule has 1 aromatic carbocycles. The van der Waals surface area contributed by atoms with Crippen molar-refractivity contribution in [3.05, 3.63) is 40.7 Å². The number of rotatable bonds is 2. The van der Waals surface area contributed by atoms with Gasteiger partial charge in [0.25, 0.3) is 5.91 Å². The lowest BCUT2D eigenvalue weighted by molar-refractivity contribution is 0.0303. The van der Waals surface area contributed by atoms with E-state index in [9.17, 15) is 4.79 Å². The molecule has 1 aliphatic heterocycles. The van der Waals surface area contributed by atoms with E-state index in [0.29, 0.717) is 31.9 Å². The maximum absolute atomic E-state index is 12.4. The summed E-state index contributed by atoms with van der Waals surface area (Å²) in [4.78, 5) is 18.3. The lowest BCUT2D eigenvalue weighted by Crippen LogP contribution is -2.40. The highest BCUT2D eigenvalue weighted by Gasteiger charge is 2.18. The molecule has 5 heteroatoms. The van der Waals surface area contributed by atoms with Crippen molar-refractivity contribution in [3.63, 3.8) is 0 Å². The first-order valence-corrected chi connectivity index (χ1v) is 7.01. The Morgan fingerprint density at radius 1 is 1.37 bits per heavy atom. The Hall–Kier alpha value is -1.72. The first-order valence-electron chi connectivity index (χ1n) is 6.13. The van der Waals surface area contributed by atoms with Crippen molar-refractivity contribution in [2.75, 3.05) is 26.3 Å². The minimum atomic E-state index is 0.0596. The van der Waals surface area contributed by atoms with E-state index in [2.05, 4.69) is 10.5 Å². The number of carbonyl (C=O) groups is 1. The molecule has 97 valence electrons. The summed E-state index contributed by atoms with van der Waals surface area (Å²) in [5.41, 5.74) is 5.34. The summed E-state index contributed by atoms with van der Waals surface area (Å²) in [6.45, 7) is 2.56. The summed E-state index contributed by atoms with van der Waals surface area (Å²) >= 11 is 1.43. The van der Waals surface area contributed by atoms with Gasteiger partial charge in [-0.2, -0.15) is 0 Å². The predicted octanol–water partition coefficient (Wildman–Crippen LogP) is 2.08. The van der Waals surface area contributed by atoms with E-state index >= 15 is 0 Å². The number of amides is 1. The van der Waals surface area contributed by atoms with Crippen molar-refractivity contribution in [2.24, 2.45) is 0 Å². The van der Waals surface area contributed by atoms with Gasteiger partial charge in [-0.25, -0.2) is 4.98 Å². The molecule has 1 amide bonds. The molecule has 1 aromatic heterocycles. The number of benzene rings is 1. The van der Waals surface area contributed by atoms with Crippen LogP contribution in [0.25, 0.3) is 11.3 Å². The smallest absolute Gasteiger partial charge is 0.254 e. The van der Waals surface area contributed by atoms with E-state index in [-0.39, 0.29) is 5.91 Å². The lowest BCUT2D eigenvalue weighted by atomic mass is 10.1. The zero-order valence-electron chi connectivity index (χ0n) is 10.3. The predicted molar refractivity (Wildman–Crippen MR) is 73.1 cm³/mol. The molecule has 0 unspecified atom stereocenters. The second kappa shape index (κ2) is 5.50. The molecule has 0 aliphatic carbocycles. The summed E-state index contributed by atoms with van der Waals surface area (Å²) in [5.74, 6) is 0.0596. The van der Waals surface area contributed by atoms with E-state index in [4.69, 9.17) is 4.74 Å². The molecule has 1 aliphatic rings. The Morgan fingerprint density at radius 2 is 2.21 bits per heavy atom. The van der Waals surface area contributed by atoms with Crippen molar-refractivity contribution in [2.45, 2.75) is 0 Å². The summed E-state index contributed by atoms with van der Waals surface area (Å²) in [5, 5.41) is 1.93. The van der Waals surface area contributed by atoms with Crippen LogP contribution in [0, 0.1) is 5.51 Å². The fourth-order valence-corrected chi connectivity index (χ4v) is 2.58. The molecule has 0 N–H and O–H groups in total. The van der Waals surface area contributed by atoms with Crippen molar-refractivity contribution in [1.82, 2.24) is 9.88 Å². The normalized spacial score (nSPS) is 15.5.